The number of carbonyl (C=O) groups is 1. The van der Waals surface area contributed by atoms with Gasteiger partial charge < -0.3 is 4.90 Å². The predicted molar refractivity (Wildman–Crippen MR) is 63.3 cm³/mol. The van der Waals surface area contributed by atoms with Crippen LogP contribution in [0.2, 0.25) is 0 Å². The molecule has 16 heavy (non-hydrogen) atoms. The SMILES string of the molecule is Cc1nc(NS(C)(=O)=O)sc1C(=O)N(C)C. The van der Waals surface area contributed by atoms with Crippen LogP contribution in [0.4, 0.5) is 5.13 Å². The van der Waals surface area contributed by atoms with Crippen molar-refractivity contribution in [3.63, 3.8) is 0 Å². The van der Waals surface area contributed by atoms with Gasteiger partial charge in [-0.25, -0.2) is 13.4 Å². The molecule has 0 aliphatic rings. The molecule has 0 saturated carbocycles. The van der Waals surface area contributed by atoms with Crippen LogP contribution in [-0.4, -0.2) is 44.6 Å². The van der Waals surface area contributed by atoms with Crippen LogP contribution in [0.25, 0.3) is 0 Å². The molecule has 1 aromatic rings. The Morgan fingerprint density at radius 3 is 2.44 bits per heavy atom. The molecule has 0 bridgehead atoms. The minimum atomic E-state index is -3.35. The second-order valence-electron chi connectivity index (χ2n) is 3.51. The van der Waals surface area contributed by atoms with Gasteiger partial charge in [-0.15, -0.1) is 0 Å². The average Bonchev–Trinajstić information content (AvgIpc) is 2.41. The van der Waals surface area contributed by atoms with Gasteiger partial charge in [0.15, 0.2) is 5.13 Å². The highest BCUT2D eigenvalue weighted by Gasteiger charge is 2.18. The molecular formula is C8H13N3O3S2. The van der Waals surface area contributed by atoms with E-state index in [4.69, 9.17) is 0 Å². The molecule has 0 atom stereocenters. The Bertz CT molecular complexity index is 505. The molecule has 0 unspecified atom stereocenters. The lowest BCUT2D eigenvalue weighted by molar-refractivity contribution is 0.0831. The number of hydrogen-bond acceptors (Lipinski definition) is 5. The maximum absolute atomic E-state index is 11.7. The van der Waals surface area contributed by atoms with Crippen LogP contribution in [0.1, 0.15) is 15.4 Å². The summed E-state index contributed by atoms with van der Waals surface area (Å²) in [5.74, 6) is -0.184. The number of thiazole rings is 1. The highest BCUT2D eigenvalue weighted by molar-refractivity contribution is 7.92. The Labute approximate surface area is 98.3 Å². The molecule has 0 radical (unpaired) electrons. The first kappa shape index (κ1) is 12.9. The molecule has 6 nitrogen and oxygen atoms in total. The smallest absolute Gasteiger partial charge is 0.265 e. The van der Waals surface area contributed by atoms with E-state index >= 15 is 0 Å². The molecule has 1 heterocycles. The fourth-order valence-corrected chi connectivity index (χ4v) is 2.82. The lowest BCUT2D eigenvalue weighted by atomic mass is 10.3. The summed E-state index contributed by atoms with van der Waals surface area (Å²) in [6, 6.07) is 0. The Kier molecular flexibility index (Phi) is 3.54. The zero-order chi connectivity index (χ0) is 12.5. The minimum absolute atomic E-state index is 0.184. The number of rotatable bonds is 3. The number of sulfonamides is 1. The van der Waals surface area contributed by atoms with Gasteiger partial charge in [0, 0.05) is 14.1 Å². The van der Waals surface area contributed by atoms with Crippen LogP contribution in [0.15, 0.2) is 0 Å². The lowest BCUT2D eigenvalue weighted by Crippen LogP contribution is -2.21. The molecule has 1 aromatic heterocycles. The summed E-state index contributed by atoms with van der Waals surface area (Å²) in [4.78, 5) is 17.5. The topological polar surface area (TPSA) is 79.4 Å². The minimum Gasteiger partial charge on any atom is -0.344 e. The van der Waals surface area contributed by atoms with Crippen LogP contribution in [-0.2, 0) is 10.0 Å². The summed E-state index contributed by atoms with van der Waals surface area (Å²) in [5.41, 5.74) is 0.523. The van der Waals surface area contributed by atoms with Crippen molar-refractivity contribution in [1.29, 1.82) is 0 Å². The zero-order valence-corrected chi connectivity index (χ0v) is 11.1. The third-order valence-corrected chi connectivity index (χ3v) is 3.42. The molecular weight excluding hydrogens is 250 g/mol. The Hall–Kier alpha value is -1.15. The number of aryl methyl sites for hydroxylation is 1. The summed E-state index contributed by atoms with van der Waals surface area (Å²) in [7, 11) is -0.0933. The molecule has 0 aliphatic carbocycles. The normalized spacial score (nSPS) is 11.2. The van der Waals surface area contributed by atoms with Crippen LogP contribution in [0.5, 0.6) is 0 Å². The van der Waals surface area contributed by atoms with Gasteiger partial charge in [0.2, 0.25) is 10.0 Å². The van der Waals surface area contributed by atoms with E-state index < -0.39 is 10.0 Å². The zero-order valence-electron chi connectivity index (χ0n) is 9.44. The fraction of sp³-hybridized carbons (Fsp3) is 0.500. The maximum atomic E-state index is 11.7. The van der Waals surface area contributed by atoms with E-state index in [2.05, 4.69) is 9.71 Å². The number of hydrogen-bond donors (Lipinski definition) is 1. The van der Waals surface area contributed by atoms with Crippen molar-refractivity contribution in [2.75, 3.05) is 25.1 Å². The molecule has 90 valence electrons. The quantitative estimate of drug-likeness (QED) is 0.862. The van der Waals surface area contributed by atoms with Gasteiger partial charge in [-0.3, -0.25) is 9.52 Å². The van der Waals surface area contributed by atoms with E-state index in [0.717, 1.165) is 17.6 Å². The van der Waals surface area contributed by atoms with Gasteiger partial charge in [0.25, 0.3) is 5.91 Å². The molecule has 1 N–H and O–H groups in total. The first-order valence-electron chi connectivity index (χ1n) is 4.37. The van der Waals surface area contributed by atoms with E-state index in [9.17, 15) is 13.2 Å². The van der Waals surface area contributed by atoms with Crippen LogP contribution >= 0.6 is 11.3 Å². The monoisotopic (exact) mass is 263 g/mol. The highest BCUT2D eigenvalue weighted by atomic mass is 32.2. The summed E-state index contributed by atoms with van der Waals surface area (Å²) in [6.45, 7) is 1.67. The maximum Gasteiger partial charge on any atom is 0.265 e. The number of nitrogens with zero attached hydrogens (tertiary/aromatic N) is 2. The van der Waals surface area contributed by atoms with Gasteiger partial charge in [-0.1, -0.05) is 11.3 Å². The second-order valence-corrected chi connectivity index (χ2v) is 6.25. The predicted octanol–water partition coefficient (Wildman–Crippen LogP) is 0.525. The summed E-state index contributed by atoms with van der Waals surface area (Å²) < 4.78 is 24.2. The van der Waals surface area contributed by atoms with E-state index in [1.54, 1.807) is 21.0 Å². The van der Waals surface area contributed by atoms with Crippen molar-refractivity contribution in [2.45, 2.75) is 6.92 Å². The van der Waals surface area contributed by atoms with E-state index in [-0.39, 0.29) is 11.0 Å². The van der Waals surface area contributed by atoms with Gasteiger partial charge in [0.1, 0.15) is 4.88 Å². The Morgan fingerprint density at radius 1 is 1.44 bits per heavy atom. The van der Waals surface area contributed by atoms with Crippen molar-refractivity contribution < 1.29 is 13.2 Å². The molecule has 0 spiro atoms. The molecule has 8 heteroatoms. The third-order valence-electron chi connectivity index (χ3n) is 1.67. The molecule has 0 saturated heterocycles. The Balaban J connectivity index is 3.04. The molecule has 0 aromatic carbocycles. The van der Waals surface area contributed by atoms with Crippen molar-refractivity contribution in [2.24, 2.45) is 0 Å². The highest BCUT2D eigenvalue weighted by Crippen LogP contribution is 2.23. The van der Waals surface area contributed by atoms with Gasteiger partial charge in [-0.05, 0) is 6.92 Å². The standard InChI is InChI=1S/C8H13N3O3S2/c1-5-6(7(12)11(2)3)15-8(9-5)10-16(4,13)14/h1-4H3,(H,9,10). The number of aromatic nitrogens is 1. The average molecular weight is 263 g/mol. The molecule has 1 amide bonds. The van der Waals surface area contributed by atoms with Crippen molar-refractivity contribution in [3.8, 4) is 0 Å². The first-order chi connectivity index (χ1) is 7.20. The lowest BCUT2D eigenvalue weighted by Gasteiger charge is -2.07. The van der Waals surface area contributed by atoms with E-state index in [1.807, 2.05) is 0 Å². The number of nitrogens with one attached hydrogen (secondary N) is 1. The largest absolute Gasteiger partial charge is 0.344 e. The Morgan fingerprint density at radius 2 is 2.00 bits per heavy atom. The second kappa shape index (κ2) is 4.38. The van der Waals surface area contributed by atoms with Crippen molar-refractivity contribution >= 4 is 32.4 Å². The first-order valence-corrected chi connectivity index (χ1v) is 7.08. The van der Waals surface area contributed by atoms with Gasteiger partial charge >= 0.3 is 0 Å². The summed E-state index contributed by atoms with van der Waals surface area (Å²) >= 11 is 1.03. The number of carbonyl (C=O) groups excluding carboxylic acids is 1. The van der Waals surface area contributed by atoms with Crippen molar-refractivity contribution in [3.05, 3.63) is 10.6 Å². The summed E-state index contributed by atoms with van der Waals surface area (Å²) in [6.07, 6.45) is 1.04. The summed E-state index contributed by atoms with van der Waals surface area (Å²) in [5, 5.41) is 0.213. The van der Waals surface area contributed by atoms with Crippen LogP contribution in [0, 0.1) is 6.92 Å². The number of amides is 1. The fourth-order valence-electron chi connectivity index (χ4n) is 1.00. The van der Waals surface area contributed by atoms with E-state index in [0.29, 0.717) is 10.6 Å². The van der Waals surface area contributed by atoms with Crippen molar-refractivity contribution in [1.82, 2.24) is 9.88 Å². The van der Waals surface area contributed by atoms with Crippen LogP contribution < -0.4 is 4.72 Å². The third kappa shape index (κ3) is 3.17. The number of anilines is 1. The van der Waals surface area contributed by atoms with Gasteiger partial charge in [-0.2, -0.15) is 0 Å². The molecule has 0 fully saturated rings. The molecule has 0 aliphatic heterocycles. The van der Waals surface area contributed by atoms with Crippen LogP contribution in [0.3, 0.4) is 0 Å². The van der Waals surface area contributed by atoms with Gasteiger partial charge in [0.05, 0.1) is 11.9 Å². The van der Waals surface area contributed by atoms with E-state index in [1.165, 1.54) is 4.90 Å². The molecule has 1 rings (SSSR count).